The predicted molar refractivity (Wildman–Crippen MR) is 115 cm³/mol. The molecule has 2 aromatic carbocycles. The van der Waals surface area contributed by atoms with Crippen LogP contribution in [0.25, 0.3) is 6.08 Å². The Labute approximate surface area is 177 Å². The molecular weight excluding hydrogens is 374 g/mol. The van der Waals surface area contributed by atoms with Gasteiger partial charge in [0.05, 0.1) is 11.6 Å². The smallest absolute Gasteiger partial charge is 0.262 e. The summed E-state index contributed by atoms with van der Waals surface area (Å²) in [6.07, 6.45) is 5.98. The molecule has 5 heteroatoms. The third kappa shape index (κ3) is 5.49. The highest BCUT2D eigenvalue weighted by Crippen LogP contribution is 2.24. The normalized spacial score (nSPS) is 18.7. The summed E-state index contributed by atoms with van der Waals surface area (Å²) in [5.74, 6) is 0.772. The van der Waals surface area contributed by atoms with Gasteiger partial charge in [0.15, 0.2) is 0 Å². The van der Waals surface area contributed by atoms with Crippen LogP contribution in [0.4, 0.5) is 0 Å². The van der Waals surface area contributed by atoms with Gasteiger partial charge in [-0.1, -0.05) is 50.1 Å². The van der Waals surface area contributed by atoms with Crippen LogP contribution in [0.2, 0.25) is 0 Å². The van der Waals surface area contributed by atoms with E-state index in [0.29, 0.717) is 23.8 Å². The number of hydrogen-bond donors (Lipinski definition) is 1. The van der Waals surface area contributed by atoms with Crippen LogP contribution < -0.4 is 10.1 Å². The molecule has 30 heavy (non-hydrogen) atoms. The van der Waals surface area contributed by atoms with Gasteiger partial charge >= 0.3 is 0 Å². The highest BCUT2D eigenvalue weighted by Gasteiger charge is 2.24. The maximum Gasteiger partial charge on any atom is 0.262 e. The summed E-state index contributed by atoms with van der Waals surface area (Å²) in [7, 11) is 0. The lowest BCUT2D eigenvalue weighted by Gasteiger charge is -2.29. The van der Waals surface area contributed by atoms with Crippen molar-refractivity contribution in [1.82, 2.24) is 5.32 Å². The molecule has 0 radical (unpaired) electrons. The van der Waals surface area contributed by atoms with Crippen molar-refractivity contribution in [2.45, 2.75) is 45.3 Å². The number of nitrogens with one attached hydrogen (secondary N) is 1. The first kappa shape index (κ1) is 21.1. The van der Waals surface area contributed by atoms with Crippen molar-refractivity contribution in [3.8, 4) is 17.9 Å². The quantitative estimate of drug-likeness (QED) is 0.561. The van der Waals surface area contributed by atoms with E-state index in [1.807, 2.05) is 24.3 Å². The summed E-state index contributed by atoms with van der Waals surface area (Å²) < 4.78 is 5.76. The molecule has 0 spiro atoms. The number of hydrogen-bond acceptors (Lipinski definition) is 4. The van der Waals surface area contributed by atoms with E-state index in [1.165, 1.54) is 6.42 Å². The third-order valence-corrected chi connectivity index (χ3v) is 5.52. The van der Waals surface area contributed by atoms with Crippen molar-refractivity contribution in [2.24, 2.45) is 5.92 Å². The van der Waals surface area contributed by atoms with E-state index in [4.69, 9.17) is 10.00 Å². The zero-order valence-electron chi connectivity index (χ0n) is 17.1. The molecule has 0 saturated heterocycles. The predicted octanol–water partition coefficient (Wildman–Crippen LogP) is 4.74. The van der Waals surface area contributed by atoms with Crippen molar-refractivity contribution in [3.05, 3.63) is 70.8 Å². The van der Waals surface area contributed by atoms with Gasteiger partial charge in [-0.3, -0.25) is 4.79 Å². The molecule has 3 rings (SSSR count). The van der Waals surface area contributed by atoms with Crippen LogP contribution in [0.5, 0.6) is 5.75 Å². The minimum Gasteiger partial charge on any atom is -0.489 e. The second kappa shape index (κ2) is 10.3. The molecule has 2 atom stereocenters. The standard InChI is InChI=1S/C25H25N3O2/c1-18-6-2-5-9-24(18)28-25(29)22(16-27)14-19-10-12-23(13-11-19)30-17-21-8-4-3-7-20(21)15-26/h3-4,7-8,10-14,18,24H,2,5-6,9,17H2,1H3,(H,28,29)/b22-14+/t18-,24+/m0/s1. The third-order valence-electron chi connectivity index (χ3n) is 5.52. The maximum absolute atomic E-state index is 12.5. The van der Waals surface area contributed by atoms with Crippen LogP contribution in [0, 0.1) is 28.6 Å². The van der Waals surface area contributed by atoms with Crippen molar-refractivity contribution >= 4 is 12.0 Å². The summed E-state index contributed by atoms with van der Waals surface area (Å²) in [6, 6.07) is 18.8. The molecule has 1 aliphatic carbocycles. The molecule has 1 amide bonds. The number of nitrogens with zero attached hydrogens (tertiary/aromatic N) is 2. The van der Waals surface area contributed by atoms with Crippen LogP contribution in [0.3, 0.4) is 0 Å². The topological polar surface area (TPSA) is 85.9 Å². The second-order valence-corrected chi connectivity index (χ2v) is 7.64. The minimum atomic E-state index is -0.315. The van der Waals surface area contributed by atoms with Gasteiger partial charge in [0, 0.05) is 11.6 Å². The van der Waals surface area contributed by atoms with E-state index in [9.17, 15) is 10.1 Å². The molecule has 152 valence electrons. The van der Waals surface area contributed by atoms with E-state index in [-0.39, 0.29) is 17.5 Å². The number of ether oxygens (including phenoxy) is 1. The average molecular weight is 399 g/mol. The zero-order chi connectivity index (χ0) is 21.3. The molecule has 1 N–H and O–H groups in total. The molecule has 0 aromatic heterocycles. The second-order valence-electron chi connectivity index (χ2n) is 7.64. The number of carbonyl (C=O) groups is 1. The molecule has 1 saturated carbocycles. The van der Waals surface area contributed by atoms with Gasteiger partial charge in [0.1, 0.15) is 24.0 Å². The van der Waals surface area contributed by atoms with E-state index >= 15 is 0 Å². The van der Waals surface area contributed by atoms with Gasteiger partial charge in [-0.15, -0.1) is 0 Å². The Morgan fingerprint density at radius 2 is 1.87 bits per heavy atom. The highest BCUT2D eigenvalue weighted by atomic mass is 16.5. The Kier molecular flexibility index (Phi) is 7.24. The fraction of sp³-hybridized carbons (Fsp3) is 0.320. The fourth-order valence-corrected chi connectivity index (χ4v) is 3.67. The number of nitriles is 2. The van der Waals surface area contributed by atoms with E-state index < -0.39 is 0 Å². The lowest BCUT2D eigenvalue weighted by molar-refractivity contribution is -0.118. The average Bonchev–Trinajstić information content (AvgIpc) is 2.78. The molecule has 2 aromatic rings. The van der Waals surface area contributed by atoms with E-state index in [2.05, 4.69) is 18.3 Å². The summed E-state index contributed by atoms with van der Waals surface area (Å²) in [5, 5.41) is 21.6. The van der Waals surface area contributed by atoms with E-state index in [0.717, 1.165) is 30.4 Å². The summed E-state index contributed by atoms with van der Waals surface area (Å²) in [6.45, 7) is 2.44. The molecule has 1 fully saturated rings. The monoisotopic (exact) mass is 399 g/mol. The van der Waals surface area contributed by atoms with Gasteiger partial charge in [0.2, 0.25) is 0 Å². The van der Waals surface area contributed by atoms with Crippen molar-refractivity contribution in [2.75, 3.05) is 0 Å². The number of carbonyl (C=O) groups excluding carboxylic acids is 1. The Morgan fingerprint density at radius 1 is 1.13 bits per heavy atom. The Morgan fingerprint density at radius 3 is 2.57 bits per heavy atom. The fourth-order valence-electron chi connectivity index (χ4n) is 3.67. The lowest BCUT2D eigenvalue weighted by Crippen LogP contribution is -2.41. The number of amides is 1. The number of benzene rings is 2. The number of rotatable bonds is 6. The van der Waals surface area contributed by atoms with Gasteiger partial charge < -0.3 is 10.1 Å². The Hall–Kier alpha value is -3.57. The Balaban J connectivity index is 1.62. The van der Waals surface area contributed by atoms with Crippen molar-refractivity contribution < 1.29 is 9.53 Å². The first-order valence-corrected chi connectivity index (χ1v) is 10.2. The van der Waals surface area contributed by atoms with Crippen molar-refractivity contribution in [1.29, 1.82) is 10.5 Å². The SMILES string of the molecule is C[C@H]1CCCC[C@H]1NC(=O)/C(C#N)=C/c1ccc(OCc2ccccc2C#N)cc1. The first-order valence-electron chi connectivity index (χ1n) is 10.2. The lowest BCUT2D eigenvalue weighted by atomic mass is 9.86. The minimum absolute atomic E-state index is 0.101. The largest absolute Gasteiger partial charge is 0.489 e. The van der Waals surface area contributed by atoms with Gasteiger partial charge in [-0.25, -0.2) is 0 Å². The van der Waals surface area contributed by atoms with Crippen LogP contribution >= 0.6 is 0 Å². The van der Waals surface area contributed by atoms with Crippen LogP contribution in [0.1, 0.15) is 49.3 Å². The van der Waals surface area contributed by atoms with E-state index in [1.54, 1.807) is 36.4 Å². The first-order chi connectivity index (χ1) is 14.6. The molecular formula is C25H25N3O2. The van der Waals surface area contributed by atoms with Crippen molar-refractivity contribution in [3.63, 3.8) is 0 Å². The summed E-state index contributed by atoms with van der Waals surface area (Å²) >= 11 is 0. The van der Waals surface area contributed by atoms with Crippen LogP contribution in [-0.4, -0.2) is 11.9 Å². The molecule has 1 aliphatic rings. The zero-order valence-corrected chi connectivity index (χ0v) is 17.1. The molecule has 5 nitrogen and oxygen atoms in total. The maximum atomic E-state index is 12.5. The molecule has 0 unspecified atom stereocenters. The van der Waals surface area contributed by atoms with Gasteiger partial charge in [-0.05, 0) is 48.6 Å². The van der Waals surface area contributed by atoms with Crippen LogP contribution in [0.15, 0.2) is 54.1 Å². The molecule has 0 heterocycles. The Bertz CT molecular complexity index is 996. The van der Waals surface area contributed by atoms with Gasteiger partial charge in [0.25, 0.3) is 5.91 Å². The summed E-state index contributed by atoms with van der Waals surface area (Å²) in [5.41, 5.74) is 2.27. The van der Waals surface area contributed by atoms with Crippen LogP contribution in [-0.2, 0) is 11.4 Å². The van der Waals surface area contributed by atoms with Gasteiger partial charge in [-0.2, -0.15) is 10.5 Å². The summed E-state index contributed by atoms with van der Waals surface area (Å²) in [4.78, 5) is 12.5. The molecule has 0 aliphatic heterocycles. The highest BCUT2D eigenvalue weighted by molar-refractivity contribution is 6.01. The molecule has 0 bridgehead atoms.